The quantitative estimate of drug-likeness (QED) is 0.427. The summed E-state index contributed by atoms with van der Waals surface area (Å²) in [6, 6.07) is 17.8. The summed E-state index contributed by atoms with van der Waals surface area (Å²) in [4.78, 5) is 0. The lowest BCUT2D eigenvalue weighted by molar-refractivity contribution is 0.348. The van der Waals surface area contributed by atoms with Gasteiger partial charge in [0.25, 0.3) is 0 Å². The van der Waals surface area contributed by atoms with Gasteiger partial charge in [0.05, 0.1) is 0 Å². The fourth-order valence-corrected chi connectivity index (χ4v) is 2.47. The maximum atomic E-state index is 10.3. The molecule has 0 atom stereocenters. The number of rotatable bonds is 2. The van der Waals surface area contributed by atoms with Gasteiger partial charge < -0.3 is 20.4 Å². The molecule has 110 valence electrons. The summed E-state index contributed by atoms with van der Waals surface area (Å²) in [6.45, 7) is 0. The van der Waals surface area contributed by atoms with Gasteiger partial charge in [-0.15, -0.1) is 0 Å². The van der Waals surface area contributed by atoms with Crippen molar-refractivity contribution < 1.29 is 20.4 Å². The second kappa shape index (κ2) is 5.33. The van der Waals surface area contributed by atoms with Crippen LogP contribution in [-0.2, 0) is 0 Å². The van der Waals surface area contributed by atoms with Crippen molar-refractivity contribution in [1.82, 2.24) is 0 Å². The van der Waals surface area contributed by atoms with E-state index in [2.05, 4.69) is 0 Å². The van der Waals surface area contributed by atoms with Crippen LogP contribution in [0.15, 0.2) is 60.7 Å². The molecule has 4 nitrogen and oxygen atoms in total. The zero-order chi connectivity index (χ0) is 15.7. The van der Waals surface area contributed by atoms with Crippen molar-refractivity contribution in [3.63, 3.8) is 0 Å². The average Bonchev–Trinajstić information content (AvgIpc) is 2.57. The Balaban J connectivity index is 2.42. The Morgan fingerprint density at radius 1 is 0.409 bits per heavy atom. The van der Waals surface area contributed by atoms with Crippen LogP contribution in [-0.4, -0.2) is 20.4 Å². The summed E-state index contributed by atoms with van der Waals surface area (Å²) in [5.41, 5.74) is 1.76. The van der Waals surface area contributed by atoms with Crippen LogP contribution in [0.4, 0.5) is 0 Å². The van der Waals surface area contributed by atoms with Crippen LogP contribution in [0.1, 0.15) is 0 Å². The maximum absolute atomic E-state index is 10.3. The van der Waals surface area contributed by atoms with Crippen molar-refractivity contribution in [3.8, 4) is 45.3 Å². The standard InChI is InChI=1S/C18H14O4/c19-15-13(11-7-3-1-4-8-11)14(12-9-5-2-6-10-12)16(20)18(22)17(15)21/h1-10,19-22H. The minimum absolute atomic E-state index is 0.264. The molecule has 0 radical (unpaired) electrons. The molecule has 0 bridgehead atoms. The van der Waals surface area contributed by atoms with Gasteiger partial charge in [0, 0.05) is 11.1 Å². The highest BCUT2D eigenvalue weighted by molar-refractivity contribution is 5.95. The molecule has 0 aromatic heterocycles. The Hall–Kier alpha value is -3.14. The lowest BCUT2D eigenvalue weighted by Gasteiger charge is -2.16. The Morgan fingerprint density at radius 3 is 1.05 bits per heavy atom. The number of phenols is 4. The van der Waals surface area contributed by atoms with Gasteiger partial charge in [0.15, 0.2) is 11.5 Å². The van der Waals surface area contributed by atoms with Crippen LogP contribution < -0.4 is 0 Å². The second-order valence-corrected chi connectivity index (χ2v) is 4.88. The lowest BCUT2D eigenvalue weighted by atomic mass is 9.92. The number of phenolic OH excluding ortho intramolecular Hbond substituents is 4. The monoisotopic (exact) mass is 294 g/mol. The van der Waals surface area contributed by atoms with E-state index in [1.54, 1.807) is 48.5 Å². The molecule has 0 heterocycles. The van der Waals surface area contributed by atoms with Gasteiger partial charge in [-0.25, -0.2) is 0 Å². The smallest absolute Gasteiger partial charge is 0.204 e. The molecule has 3 rings (SSSR count). The van der Waals surface area contributed by atoms with E-state index in [0.29, 0.717) is 11.1 Å². The third-order valence-electron chi connectivity index (χ3n) is 3.52. The van der Waals surface area contributed by atoms with Crippen LogP contribution in [0.3, 0.4) is 0 Å². The molecule has 0 spiro atoms. The molecule has 3 aromatic rings. The molecule has 3 aromatic carbocycles. The third-order valence-corrected chi connectivity index (χ3v) is 3.52. The molecule has 0 aliphatic carbocycles. The molecular weight excluding hydrogens is 280 g/mol. The molecule has 0 unspecified atom stereocenters. The largest absolute Gasteiger partial charge is 0.504 e. The summed E-state index contributed by atoms with van der Waals surface area (Å²) in [5.74, 6) is -2.42. The molecule has 0 amide bonds. The molecule has 0 aliphatic rings. The van der Waals surface area contributed by atoms with E-state index in [9.17, 15) is 20.4 Å². The highest BCUT2D eigenvalue weighted by Gasteiger charge is 2.25. The van der Waals surface area contributed by atoms with E-state index < -0.39 is 23.0 Å². The Bertz CT molecular complexity index is 741. The first-order chi connectivity index (χ1) is 10.6. The summed E-state index contributed by atoms with van der Waals surface area (Å²) in [5, 5.41) is 40.2. The molecule has 22 heavy (non-hydrogen) atoms. The predicted octanol–water partition coefficient (Wildman–Crippen LogP) is 3.84. The lowest BCUT2D eigenvalue weighted by Crippen LogP contribution is -1.89. The molecular formula is C18H14O4. The highest BCUT2D eigenvalue weighted by atomic mass is 16.3. The first kappa shape index (κ1) is 13.8. The van der Waals surface area contributed by atoms with E-state index in [1.165, 1.54) is 0 Å². The van der Waals surface area contributed by atoms with E-state index in [0.717, 1.165) is 0 Å². The summed E-state index contributed by atoms with van der Waals surface area (Å²) in [6.07, 6.45) is 0. The van der Waals surface area contributed by atoms with Crippen molar-refractivity contribution in [3.05, 3.63) is 60.7 Å². The molecule has 4 heteroatoms. The van der Waals surface area contributed by atoms with Gasteiger partial charge in [-0.2, -0.15) is 0 Å². The van der Waals surface area contributed by atoms with Gasteiger partial charge in [-0.05, 0) is 11.1 Å². The van der Waals surface area contributed by atoms with Gasteiger partial charge in [0.2, 0.25) is 11.5 Å². The number of benzene rings is 3. The van der Waals surface area contributed by atoms with Crippen molar-refractivity contribution in [2.24, 2.45) is 0 Å². The van der Waals surface area contributed by atoms with Crippen LogP contribution >= 0.6 is 0 Å². The first-order valence-electron chi connectivity index (χ1n) is 6.72. The van der Waals surface area contributed by atoms with E-state index in [1.807, 2.05) is 12.1 Å². The zero-order valence-corrected chi connectivity index (χ0v) is 11.6. The Labute approximate surface area is 127 Å². The summed E-state index contributed by atoms with van der Waals surface area (Å²) in [7, 11) is 0. The minimum atomic E-state index is -0.740. The number of hydrogen-bond donors (Lipinski definition) is 4. The highest BCUT2D eigenvalue weighted by Crippen LogP contribution is 2.54. The van der Waals surface area contributed by atoms with Crippen molar-refractivity contribution in [2.75, 3.05) is 0 Å². The normalized spacial score (nSPS) is 10.5. The molecule has 0 fully saturated rings. The topological polar surface area (TPSA) is 80.9 Å². The number of aromatic hydroxyl groups is 4. The molecule has 0 aliphatic heterocycles. The van der Waals surface area contributed by atoms with Crippen molar-refractivity contribution in [1.29, 1.82) is 0 Å². The van der Waals surface area contributed by atoms with Crippen LogP contribution in [0.2, 0.25) is 0 Å². The van der Waals surface area contributed by atoms with E-state index in [4.69, 9.17) is 0 Å². The zero-order valence-electron chi connectivity index (χ0n) is 11.6. The second-order valence-electron chi connectivity index (χ2n) is 4.88. The first-order valence-corrected chi connectivity index (χ1v) is 6.72. The van der Waals surface area contributed by atoms with Crippen LogP contribution in [0, 0.1) is 0 Å². The van der Waals surface area contributed by atoms with Crippen molar-refractivity contribution >= 4 is 0 Å². The maximum Gasteiger partial charge on any atom is 0.204 e. The van der Waals surface area contributed by atoms with E-state index >= 15 is 0 Å². The summed E-state index contributed by atoms with van der Waals surface area (Å²) >= 11 is 0. The minimum Gasteiger partial charge on any atom is -0.504 e. The van der Waals surface area contributed by atoms with Gasteiger partial charge in [-0.1, -0.05) is 60.7 Å². The average molecular weight is 294 g/mol. The summed E-state index contributed by atoms with van der Waals surface area (Å²) < 4.78 is 0. The third kappa shape index (κ3) is 2.11. The van der Waals surface area contributed by atoms with Gasteiger partial charge in [0.1, 0.15) is 0 Å². The van der Waals surface area contributed by atoms with E-state index in [-0.39, 0.29) is 11.1 Å². The van der Waals surface area contributed by atoms with Gasteiger partial charge >= 0.3 is 0 Å². The van der Waals surface area contributed by atoms with Crippen LogP contribution in [0.5, 0.6) is 23.0 Å². The van der Waals surface area contributed by atoms with Crippen LogP contribution in [0.25, 0.3) is 22.3 Å². The fourth-order valence-electron chi connectivity index (χ4n) is 2.47. The van der Waals surface area contributed by atoms with Crippen molar-refractivity contribution in [2.45, 2.75) is 0 Å². The number of hydrogen-bond acceptors (Lipinski definition) is 4. The molecule has 4 N–H and O–H groups in total. The van der Waals surface area contributed by atoms with Gasteiger partial charge in [-0.3, -0.25) is 0 Å². The predicted molar refractivity (Wildman–Crippen MR) is 84.0 cm³/mol. The molecule has 0 saturated heterocycles. The Kier molecular flexibility index (Phi) is 3.35. The SMILES string of the molecule is Oc1c(O)c(O)c(-c2ccccc2)c(-c2ccccc2)c1O. The Morgan fingerprint density at radius 2 is 0.727 bits per heavy atom. The fraction of sp³-hybridized carbons (Fsp3) is 0. The molecule has 0 saturated carbocycles.